The van der Waals surface area contributed by atoms with Gasteiger partial charge in [-0.2, -0.15) is 0 Å². The first kappa shape index (κ1) is 14.9. The number of benzene rings is 1. The number of anilines is 1. The van der Waals surface area contributed by atoms with E-state index in [9.17, 15) is 19.7 Å². The molecule has 21 heavy (non-hydrogen) atoms. The molecule has 0 radical (unpaired) electrons. The summed E-state index contributed by atoms with van der Waals surface area (Å²) in [6.45, 7) is 0.946. The van der Waals surface area contributed by atoms with E-state index in [4.69, 9.17) is 4.74 Å². The molecule has 1 saturated heterocycles. The molecule has 2 N–H and O–H groups in total. The van der Waals surface area contributed by atoms with Crippen LogP contribution in [-0.2, 0) is 14.3 Å². The smallest absolute Gasteiger partial charge is 0.313 e. The number of amides is 2. The van der Waals surface area contributed by atoms with Crippen LogP contribution in [0.2, 0.25) is 0 Å². The molecule has 2 rings (SSSR count). The van der Waals surface area contributed by atoms with E-state index in [2.05, 4.69) is 10.6 Å². The molecule has 1 heterocycles. The molecule has 1 aliphatic heterocycles. The van der Waals surface area contributed by atoms with Gasteiger partial charge >= 0.3 is 11.8 Å². The van der Waals surface area contributed by atoms with Crippen molar-refractivity contribution < 1.29 is 19.2 Å². The van der Waals surface area contributed by atoms with Gasteiger partial charge in [0.15, 0.2) is 0 Å². The standard InChI is InChI=1S/C13H15N3O5/c17-12(14-8-11-5-2-6-21-11)13(18)15-9-3-1-4-10(7-9)16(19)20/h1,3-4,7,11H,2,5-6,8H2,(H,14,17)(H,15,18). The summed E-state index contributed by atoms with van der Waals surface area (Å²) in [6.07, 6.45) is 1.74. The van der Waals surface area contributed by atoms with Crippen molar-refractivity contribution >= 4 is 23.2 Å². The zero-order chi connectivity index (χ0) is 15.2. The molecule has 8 nitrogen and oxygen atoms in total. The average molecular weight is 293 g/mol. The second-order valence-corrected chi connectivity index (χ2v) is 4.61. The van der Waals surface area contributed by atoms with Gasteiger partial charge in [-0.1, -0.05) is 6.07 Å². The molecule has 2 amide bonds. The molecule has 0 aromatic heterocycles. The van der Waals surface area contributed by atoms with Crippen LogP contribution >= 0.6 is 0 Å². The van der Waals surface area contributed by atoms with Crippen LogP contribution in [0.15, 0.2) is 24.3 Å². The number of nitrogens with one attached hydrogen (secondary N) is 2. The highest BCUT2D eigenvalue weighted by Crippen LogP contribution is 2.16. The zero-order valence-corrected chi connectivity index (χ0v) is 11.2. The van der Waals surface area contributed by atoms with Crippen LogP contribution in [0.3, 0.4) is 0 Å². The van der Waals surface area contributed by atoms with Crippen molar-refractivity contribution in [1.29, 1.82) is 0 Å². The fourth-order valence-corrected chi connectivity index (χ4v) is 1.98. The van der Waals surface area contributed by atoms with Crippen LogP contribution in [-0.4, -0.2) is 36.0 Å². The van der Waals surface area contributed by atoms with Gasteiger partial charge in [0, 0.05) is 31.0 Å². The third kappa shape index (κ3) is 4.25. The lowest BCUT2D eigenvalue weighted by atomic mass is 10.2. The van der Waals surface area contributed by atoms with Crippen molar-refractivity contribution in [3.8, 4) is 0 Å². The number of hydrogen-bond donors (Lipinski definition) is 2. The lowest BCUT2D eigenvalue weighted by Crippen LogP contribution is -2.39. The van der Waals surface area contributed by atoms with Gasteiger partial charge in [0.2, 0.25) is 0 Å². The number of rotatable bonds is 4. The Kier molecular flexibility index (Phi) is 4.83. The molecule has 1 unspecified atom stereocenters. The first-order chi connectivity index (χ1) is 10.1. The Balaban J connectivity index is 1.86. The summed E-state index contributed by atoms with van der Waals surface area (Å²) < 4.78 is 5.32. The van der Waals surface area contributed by atoms with E-state index in [1.54, 1.807) is 0 Å². The highest BCUT2D eigenvalue weighted by Gasteiger charge is 2.19. The fourth-order valence-electron chi connectivity index (χ4n) is 1.98. The van der Waals surface area contributed by atoms with Crippen molar-refractivity contribution in [3.63, 3.8) is 0 Å². The maximum absolute atomic E-state index is 11.7. The quantitative estimate of drug-likeness (QED) is 0.485. The van der Waals surface area contributed by atoms with Gasteiger partial charge in [0.05, 0.1) is 11.0 Å². The molecule has 0 bridgehead atoms. The Morgan fingerprint density at radius 1 is 1.38 bits per heavy atom. The number of hydrogen-bond acceptors (Lipinski definition) is 5. The van der Waals surface area contributed by atoms with Crippen LogP contribution in [0.5, 0.6) is 0 Å². The fraction of sp³-hybridized carbons (Fsp3) is 0.385. The van der Waals surface area contributed by atoms with Crippen molar-refractivity contribution in [2.45, 2.75) is 18.9 Å². The lowest BCUT2D eigenvalue weighted by Gasteiger charge is -2.10. The molecular formula is C13H15N3O5. The summed E-state index contributed by atoms with van der Waals surface area (Å²) in [5.41, 5.74) is 0.0361. The molecule has 0 spiro atoms. The van der Waals surface area contributed by atoms with E-state index < -0.39 is 16.7 Å². The summed E-state index contributed by atoms with van der Waals surface area (Å²) in [5.74, 6) is -1.66. The minimum atomic E-state index is -0.867. The number of carbonyl (C=O) groups excluding carboxylic acids is 2. The number of nitrogens with zero attached hydrogens (tertiary/aromatic N) is 1. The van der Waals surface area contributed by atoms with Crippen LogP contribution in [0.1, 0.15) is 12.8 Å². The largest absolute Gasteiger partial charge is 0.376 e. The topological polar surface area (TPSA) is 111 Å². The SMILES string of the molecule is O=C(NCC1CCCO1)C(=O)Nc1cccc([N+](=O)[O-])c1. The van der Waals surface area contributed by atoms with Gasteiger partial charge in [-0.3, -0.25) is 19.7 Å². The third-order valence-corrected chi connectivity index (χ3v) is 3.04. The molecule has 1 fully saturated rings. The van der Waals surface area contributed by atoms with Crippen molar-refractivity contribution in [3.05, 3.63) is 34.4 Å². The molecule has 112 valence electrons. The Labute approximate surface area is 120 Å². The number of nitro benzene ring substituents is 1. The average Bonchev–Trinajstić information content (AvgIpc) is 2.98. The van der Waals surface area contributed by atoms with Gasteiger partial charge in [0.25, 0.3) is 5.69 Å². The Bertz CT molecular complexity index is 554. The number of carbonyl (C=O) groups is 2. The van der Waals surface area contributed by atoms with Crippen molar-refractivity contribution in [2.75, 3.05) is 18.5 Å². The zero-order valence-electron chi connectivity index (χ0n) is 11.2. The van der Waals surface area contributed by atoms with Crippen molar-refractivity contribution in [2.24, 2.45) is 0 Å². The van der Waals surface area contributed by atoms with E-state index in [0.717, 1.165) is 12.8 Å². The Morgan fingerprint density at radius 2 is 2.19 bits per heavy atom. The molecule has 0 aliphatic carbocycles. The second kappa shape index (κ2) is 6.80. The molecular weight excluding hydrogens is 278 g/mol. The third-order valence-electron chi connectivity index (χ3n) is 3.04. The highest BCUT2D eigenvalue weighted by molar-refractivity contribution is 6.39. The van der Waals surface area contributed by atoms with E-state index in [0.29, 0.717) is 6.61 Å². The molecule has 0 saturated carbocycles. The number of nitro groups is 1. The first-order valence-electron chi connectivity index (χ1n) is 6.51. The van der Waals surface area contributed by atoms with E-state index in [1.807, 2.05) is 0 Å². The molecule has 1 aliphatic rings. The van der Waals surface area contributed by atoms with Gasteiger partial charge in [0.1, 0.15) is 0 Å². The van der Waals surface area contributed by atoms with Crippen LogP contribution in [0, 0.1) is 10.1 Å². The van der Waals surface area contributed by atoms with E-state index in [1.165, 1.54) is 24.3 Å². The van der Waals surface area contributed by atoms with Gasteiger partial charge in [-0.15, -0.1) is 0 Å². The van der Waals surface area contributed by atoms with E-state index >= 15 is 0 Å². The predicted octanol–water partition coefficient (Wildman–Crippen LogP) is 0.828. The van der Waals surface area contributed by atoms with Crippen LogP contribution < -0.4 is 10.6 Å². The highest BCUT2D eigenvalue weighted by atomic mass is 16.6. The predicted molar refractivity (Wildman–Crippen MR) is 73.7 cm³/mol. The lowest BCUT2D eigenvalue weighted by molar-refractivity contribution is -0.384. The number of non-ortho nitro benzene ring substituents is 1. The van der Waals surface area contributed by atoms with Gasteiger partial charge in [-0.25, -0.2) is 0 Å². The van der Waals surface area contributed by atoms with Crippen LogP contribution in [0.4, 0.5) is 11.4 Å². The monoisotopic (exact) mass is 293 g/mol. The second-order valence-electron chi connectivity index (χ2n) is 4.61. The van der Waals surface area contributed by atoms with Crippen LogP contribution in [0.25, 0.3) is 0 Å². The minimum Gasteiger partial charge on any atom is -0.376 e. The normalized spacial score (nSPS) is 17.2. The first-order valence-corrected chi connectivity index (χ1v) is 6.51. The maximum atomic E-state index is 11.7. The number of ether oxygens (including phenoxy) is 1. The molecule has 1 aromatic carbocycles. The summed E-state index contributed by atoms with van der Waals surface area (Å²) in [6, 6.07) is 5.38. The Hall–Kier alpha value is -2.48. The summed E-state index contributed by atoms with van der Waals surface area (Å²) in [7, 11) is 0. The summed E-state index contributed by atoms with van der Waals surface area (Å²) in [5, 5.41) is 15.4. The minimum absolute atomic E-state index is 0.0560. The maximum Gasteiger partial charge on any atom is 0.313 e. The van der Waals surface area contributed by atoms with E-state index in [-0.39, 0.29) is 24.0 Å². The molecule has 1 atom stereocenters. The van der Waals surface area contributed by atoms with Gasteiger partial charge < -0.3 is 15.4 Å². The Morgan fingerprint density at radius 3 is 2.86 bits per heavy atom. The summed E-state index contributed by atoms with van der Waals surface area (Å²) in [4.78, 5) is 33.3. The van der Waals surface area contributed by atoms with Crippen molar-refractivity contribution in [1.82, 2.24) is 5.32 Å². The molecule has 8 heteroatoms. The molecule has 1 aromatic rings. The summed E-state index contributed by atoms with van der Waals surface area (Å²) >= 11 is 0. The van der Waals surface area contributed by atoms with Gasteiger partial charge in [-0.05, 0) is 18.9 Å².